The van der Waals surface area contributed by atoms with Gasteiger partial charge in [-0.3, -0.25) is 4.98 Å². The molecule has 0 amide bonds. The Kier molecular flexibility index (Phi) is 3.72. The van der Waals surface area contributed by atoms with Crippen LogP contribution in [0, 0.1) is 13.8 Å². The van der Waals surface area contributed by atoms with E-state index in [1.54, 1.807) is 10.9 Å². The summed E-state index contributed by atoms with van der Waals surface area (Å²) >= 11 is 0. The molecule has 0 spiro atoms. The average molecular weight is 246 g/mol. The molecule has 2 aromatic rings. The van der Waals surface area contributed by atoms with Crippen LogP contribution in [0.5, 0.6) is 0 Å². The van der Waals surface area contributed by atoms with E-state index in [4.69, 9.17) is 0 Å². The standard InChI is InChI=1S/C13H18N4O/c1-4-7-17-12(8-14-16-17)13(18)11-6-5-9(2)15-10(11)3/h5-6,8,13,18H,4,7H2,1-3H3. The topological polar surface area (TPSA) is 63.8 Å². The molecule has 96 valence electrons. The van der Waals surface area contributed by atoms with Crippen LogP contribution in [0.25, 0.3) is 0 Å². The molecule has 1 N–H and O–H groups in total. The quantitative estimate of drug-likeness (QED) is 0.893. The number of aryl methyl sites for hydroxylation is 3. The summed E-state index contributed by atoms with van der Waals surface area (Å²) in [5.74, 6) is 0. The van der Waals surface area contributed by atoms with E-state index in [1.807, 2.05) is 26.0 Å². The van der Waals surface area contributed by atoms with E-state index in [1.165, 1.54) is 0 Å². The van der Waals surface area contributed by atoms with Crippen molar-refractivity contribution in [3.05, 3.63) is 41.0 Å². The van der Waals surface area contributed by atoms with Gasteiger partial charge in [-0.1, -0.05) is 18.2 Å². The Morgan fingerprint density at radius 2 is 2.11 bits per heavy atom. The second-order valence-corrected chi connectivity index (χ2v) is 4.41. The third kappa shape index (κ3) is 2.41. The molecule has 0 bridgehead atoms. The summed E-state index contributed by atoms with van der Waals surface area (Å²) in [6, 6.07) is 3.81. The van der Waals surface area contributed by atoms with Crippen LogP contribution < -0.4 is 0 Å². The van der Waals surface area contributed by atoms with Crippen LogP contribution in [-0.2, 0) is 6.54 Å². The van der Waals surface area contributed by atoms with Gasteiger partial charge in [-0.15, -0.1) is 5.10 Å². The second-order valence-electron chi connectivity index (χ2n) is 4.41. The molecule has 5 nitrogen and oxygen atoms in total. The predicted molar refractivity (Wildman–Crippen MR) is 68.1 cm³/mol. The number of aliphatic hydroxyl groups excluding tert-OH is 1. The maximum absolute atomic E-state index is 10.4. The first-order valence-electron chi connectivity index (χ1n) is 6.14. The summed E-state index contributed by atoms with van der Waals surface area (Å²) < 4.78 is 1.74. The van der Waals surface area contributed by atoms with Crippen molar-refractivity contribution < 1.29 is 5.11 Å². The normalized spacial score (nSPS) is 12.7. The highest BCUT2D eigenvalue weighted by molar-refractivity contribution is 5.29. The molecule has 0 saturated carbocycles. The first-order chi connectivity index (χ1) is 8.63. The third-order valence-corrected chi connectivity index (χ3v) is 2.92. The van der Waals surface area contributed by atoms with Crippen molar-refractivity contribution in [2.24, 2.45) is 0 Å². The zero-order valence-corrected chi connectivity index (χ0v) is 11.0. The minimum absolute atomic E-state index is 0.714. The monoisotopic (exact) mass is 246 g/mol. The number of hydrogen-bond acceptors (Lipinski definition) is 4. The van der Waals surface area contributed by atoms with Crippen molar-refractivity contribution in [3.8, 4) is 0 Å². The summed E-state index contributed by atoms with van der Waals surface area (Å²) in [7, 11) is 0. The van der Waals surface area contributed by atoms with Crippen molar-refractivity contribution in [1.29, 1.82) is 0 Å². The Balaban J connectivity index is 2.35. The minimum Gasteiger partial charge on any atom is -0.382 e. The number of hydrogen-bond donors (Lipinski definition) is 1. The van der Waals surface area contributed by atoms with Gasteiger partial charge in [0.2, 0.25) is 0 Å². The lowest BCUT2D eigenvalue weighted by Gasteiger charge is -2.14. The van der Waals surface area contributed by atoms with Crippen LogP contribution in [0.15, 0.2) is 18.3 Å². The van der Waals surface area contributed by atoms with E-state index in [0.717, 1.165) is 29.9 Å². The maximum atomic E-state index is 10.4. The fourth-order valence-electron chi connectivity index (χ4n) is 2.01. The van der Waals surface area contributed by atoms with Crippen LogP contribution in [0.4, 0.5) is 0 Å². The number of rotatable bonds is 4. The first kappa shape index (κ1) is 12.7. The Labute approximate surface area is 106 Å². The maximum Gasteiger partial charge on any atom is 0.124 e. The fourth-order valence-corrected chi connectivity index (χ4v) is 2.01. The predicted octanol–water partition coefficient (Wildman–Crippen LogP) is 1.78. The van der Waals surface area contributed by atoms with Crippen molar-refractivity contribution in [1.82, 2.24) is 20.0 Å². The lowest BCUT2D eigenvalue weighted by Crippen LogP contribution is -2.11. The molecule has 1 unspecified atom stereocenters. The van der Waals surface area contributed by atoms with E-state index >= 15 is 0 Å². The summed E-state index contributed by atoms with van der Waals surface area (Å²) in [6.07, 6.45) is 1.84. The molecule has 18 heavy (non-hydrogen) atoms. The van der Waals surface area contributed by atoms with Gasteiger partial charge in [0, 0.05) is 23.5 Å². The Hall–Kier alpha value is -1.75. The highest BCUT2D eigenvalue weighted by Gasteiger charge is 2.18. The molecule has 1 atom stereocenters. The minimum atomic E-state index is -0.723. The zero-order valence-electron chi connectivity index (χ0n) is 11.0. The van der Waals surface area contributed by atoms with Gasteiger partial charge in [-0.05, 0) is 26.3 Å². The highest BCUT2D eigenvalue weighted by atomic mass is 16.3. The van der Waals surface area contributed by atoms with Gasteiger partial charge in [-0.2, -0.15) is 0 Å². The molecule has 0 radical (unpaired) electrons. The Morgan fingerprint density at radius 1 is 1.33 bits per heavy atom. The van der Waals surface area contributed by atoms with Crippen molar-refractivity contribution in [3.63, 3.8) is 0 Å². The van der Waals surface area contributed by atoms with E-state index in [9.17, 15) is 5.11 Å². The van der Waals surface area contributed by atoms with Crippen LogP contribution in [-0.4, -0.2) is 25.1 Å². The summed E-state index contributed by atoms with van der Waals surface area (Å²) in [6.45, 7) is 6.66. The van der Waals surface area contributed by atoms with E-state index in [-0.39, 0.29) is 0 Å². The van der Waals surface area contributed by atoms with Gasteiger partial charge in [0.1, 0.15) is 6.10 Å². The molecular weight excluding hydrogens is 228 g/mol. The fraction of sp³-hybridized carbons (Fsp3) is 0.462. The molecular formula is C13H18N4O. The lowest BCUT2D eigenvalue weighted by atomic mass is 10.1. The number of nitrogens with zero attached hydrogens (tertiary/aromatic N) is 4. The van der Waals surface area contributed by atoms with Gasteiger partial charge >= 0.3 is 0 Å². The molecule has 2 rings (SSSR count). The number of aliphatic hydroxyl groups is 1. The van der Waals surface area contributed by atoms with E-state index < -0.39 is 6.10 Å². The van der Waals surface area contributed by atoms with Gasteiger partial charge in [0.05, 0.1) is 11.9 Å². The zero-order chi connectivity index (χ0) is 13.1. The highest BCUT2D eigenvalue weighted by Crippen LogP contribution is 2.23. The van der Waals surface area contributed by atoms with E-state index in [2.05, 4.69) is 22.2 Å². The van der Waals surface area contributed by atoms with Crippen molar-refractivity contribution >= 4 is 0 Å². The second kappa shape index (κ2) is 5.27. The van der Waals surface area contributed by atoms with E-state index in [0.29, 0.717) is 5.69 Å². The van der Waals surface area contributed by atoms with Crippen LogP contribution >= 0.6 is 0 Å². The molecule has 2 aromatic heterocycles. The molecule has 5 heteroatoms. The molecule has 0 aliphatic heterocycles. The Bertz CT molecular complexity index is 536. The molecule has 0 saturated heterocycles. The largest absolute Gasteiger partial charge is 0.382 e. The van der Waals surface area contributed by atoms with Crippen LogP contribution in [0.2, 0.25) is 0 Å². The molecule has 0 aliphatic rings. The van der Waals surface area contributed by atoms with Gasteiger partial charge in [-0.25, -0.2) is 4.68 Å². The molecule has 0 aliphatic carbocycles. The SMILES string of the molecule is CCCn1nncc1C(O)c1ccc(C)nc1C. The average Bonchev–Trinajstić information content (AvgIpc) is 2.77. The van der Waals surface area contributed by atoms with Crippen molar-refractivity contribution in [2.75, 3.05) is 0 Å². The third-order valence-electron chi connectivity index (χ3n) is 2.92. The molecule has 0 fully saturated rings. The lowest BCUT2D eigenvalue weighted by molar-refractivity contribution is 0.206. The van der Waals surface area contributed by atoms with Crippen LogP contribution in [0.1, 0.15) is 42.1 Å². The Morgan fingerprint density at radius 3 is 2.78 bits per heavy atom. The molecule has 0 aromatic carbocycles. The van der Waals surface area contributed by atoms with Crippen molar-refractivity contribution in [2.45, 2.75) is 39.8 Å². The summed E-state index contributed by atoms with van der Waals surface area (Å²) in [4.78, 5) is 4.37. The molecule has 2 heterocycles. The van der Waals surface area contributed by atoms with Crippen LogP contribution in [0.3, 0.4) is 0 Å². The number of aromatic nitrogens is 4. The number of pyridine rings is 1. The van der Waals surface area contributed by atoms with Gasteiger partial charge < -0.3 is 5.11 Å². The smallest absolute Gasteiger partial charge is 0.124 e. The van der Waals surface area contributed by atoms with Gasteiger partial charge in [0.15, 0.2) is 0 Å². The summed E-state index contributed by atoms with van der Waals surface area (Å²) in [5, 5.41) is 18.3. The summed E-state index contributed by atoms with van der Waals surface area (Å²) in [5.41, 5.74) is 3.31. The van der Waals surface area contributed by atoms with Gasteiger partial charge in [0.25, 0.3) is 0 Å². The first-order valence-corrected chi connectivity index (χ1v) is 6.14.